The van der Waals surface area contributed by atoms with Crippen LogP contribution in [0.4, 0.5) is 0 Å². The molecule has 0 radical (unpaired) electrons. The van der Waals surface area contributed by atoms with Gasteiger partial charge < -0.3 is 9.84 Å². The molecule has 4 nitrogen and oxygen atoms in total. The van der Waals surface area contributed by atoms with E-state index >= 15 is 0 Å². The monoisotopic (exact) mass is 283 g/mol. The molecular weight excluding hydrogens is 274 g/mol. The molecule has 0 amide bonds. The molecule has 0 aliphatic rings. The van der Waals surface area contributed by atoms with Gasteiger partial charge in [0.25, 0.3) is 0 Å². The van der Waals surface area contributed by atoms with Crippen molar-refractivity contribution in [3.05, 3.63) is 33.3 Å². The number of aliphatic hydroxyl groups excluding tert-OH is 1. The summed E-state index contributed by atoms with van der Waals surface area (Å²) in [4.78, 5) is 11.3. The van der Waals surface area contributed by atoms with Crippen molar-refractivity contribution in [1.82, 2.24) is 0 Å². The summed E-state index contributed by atoms with van der Waals surface area (Å²) < 4.78 is 5.08. The van der Waals surface area contributed by atoms with Gasteiger partial charge in [-0.3, -0.25) is 0 Å². The van der Waals surface area contributed by atoms with E-state index in [1.54, 1.807) is 6.92 Å². The number of ether oxygens (including phenoxy) is 1. The number of hydrogen-bond acceptors (Lipinski definition) is 4. The molecule has 1 unspecified atom stereocenters. The van der Waals surface area contributed by atoms with Gasteiger partial charge in [-0.15, -0.1) is 0 Å². The zero-order valence-corrected chi connectivity index (χ0v) is 10.4. The van der Waals surface area contributed by atoms with Gasteiger partial charge in [0, 0.05) is 10.0 Å². The summed E-state index contributed by atoms with van der Waals surface area (Å²) in [5.41, 5.74) is 0.996. The molecule has 0 aromatic heterocycles. The van der Waals surface area contributed by atoms with Crippen LogP contribution in [0.2, 0.25) is 0 Å². The van der Waals surface area contributed by atoms with E-state index in [0.29, 0.717) is 10.0 Å². The van der Waals surface area contributed by atoms with Crippen LogP contribution >= 0.6 is 15.9 Å². The number of carbonyl (C=O) groups excluding carboxylic acids is 1. The summed E-state index contributed by atoms with van der Waals surface area (Å²) in [7, 11) is 1.27. The first-order valence-corrected chi connectivity index (χ1v) is 5.30. The number of hydrogen-bond donors (Lipinski definition) is 1. The van der Waals surface area contributed by atoms with Crippen LogP contribution in [0, 0.1) is 11.3 Å². The second kappa shape index (κ2) is 5.10. The maximum Gasteiger partial charge on any atom is 0.337 e. The molecular formula is C11H10BrNO3. The Hall–Kier alpha value is -1.38. The molecule has 0 heterocycles. The molecule has 1 aromatic carbocycles. The third-order valence-corrected chi connectivity index (χ3v) is 2.74. The van der Waals surface area contributed by atoms with Gasteiger partial charge in [-0.1, -0.05) is 15.9 Å². The minimum Gasteiger partial charge on any atom is -0.465 e. The predicted molar refractivity (Wildman–Crippen MR) is 60.8 cm³/mol. The van der Waals surface area contributed by atoms with Gasteiger partial charge in [0.1, 0.15) is 0 Å². The highest BCUT2D eigenvalue weighted by atomic mass is 79.9. The Morgan fingerprint density at radius 2 is 2.25 bits per heavy atom. The van der Waals surface area contributed by atoms with E-state index < -0.39 is 12.1 Å². The molecule has 16 heavy (non-hydrogen) atoms. The molecule has 0 saturated carbocycles. The molecule has 0 saturated heterocycles. The Labute approximate surface area is 102 Å². The molecule has 5 heteroatoms. The fourth-order valence-corrected chi connectivity index (χ4v) is 2.16. The van der Waals surface area contributed by atoms with Crippen LogP contribution in [0.5, 0.6) is 0 Å². The maximum absolute atomic E-state index is 11.3. The molecule has 1 rings (SSSR count). The number of methoxy groups -OCH3 is 1. The zero-order chi connectivity index (χ0) is 12.3. The molecule has 1 N–H and O–H groups in total. The highest BCUT2D eigenvalue weighted by Crippen LogP contribution is 2.28. The second-order valence-corrected chi connectivity index (χ2v) is 4.05. The van der Waals surface area contributed by atoms with E-state index in [0.717, 1.165) is 0 Å². The van der Waals surface area contributed by atoms with Crippen molar-refractivity contribution in [3.8, 4) is 6.07 Å². The SMILES string of the molecule is COC(=O)c1cc(Br)c(C(C)O)c(C#N)c1. The Balaban J connectivity index is 3.39. The topological polar surface area (TPSA) is 70.3 Å². The normalized spacial score (nSPS) is 11.7. The van der Waals surface area contributed by atoms with Gasteiger partial charge in [-0.25, -0.2) is 4.79 Å². The Bertz CT molecular complexity index is 463. The average molecular weight is 284 g/mol. The van der Waals surface area contributed by atoms with Gasteiger partial charge in [-0.2, -0.15) is 5.26 Å². The molecule has 1 atom stereocenters. The molecule has 0 aliphatic carbocycles. The lowest BCUT2D eigenvalue weighted by Crippen LogP contribution is -2.05. The van der Waals surface area contributed by atoms with Crippen molar-refractivity contribution in [2.24, 2.45) is 0 Å². The average Bonchev–Trinajstić information content (AvgIpc) is 2.26. The van der Waals surface area contributed by atoms with Crippen molar-refractivity contribution < 1.29 is 14.6 Å². The molecule has 0 aliphatic heterocycles. The van der Waals surface area contributed by atoms with Crippen LogP contribution in [0.1, 0.15) is 34.5 Å². The number of halogens is 1. The van der Waals surface area contributed by atoms with Crippen molar-refractivity contribution >= 4 is 21.9 Å². The smallest absolute Gasteiger partial charge is 0.337 e. The van der Waals surface area contributed by atoms with E-state index in [1.165, 1.54) is 19.2 Å². The van der Waals surface area contributed by atoms with E-state index in [4.69, 9.17) is 5.26 Å². The quantitative estimate of drug-likeness (QED) is 0.845. The maximum atomic E-state index is 11.3. The number of nitrogens with zero attached hydrogens (tertiary/aromatic N) is 1. The Kier molecular flexibility index (Phi) is 4.05. The van der Waals surface area contributed by atoms with Gasteiger partial charge in [0.15, 0.2) is 0 Å². The van der Waals surface area contributed by atoms with Crippen molar-refractivity contribution in [2.75, 3.05) is 7.11 Å². The molecule has 0 fully saturated rings. The van der Waals surface area contributed by atoms with Crippen LogP contribution in [0.25, 0.3) is 0 Å². The summed E-state index contributed by atoms with van der Waals surface area (Å²) >= 11 is 3.22. The van der Waals surface area contributed by atoms with Crippen molar-refractivity contribution in [3.63, 3.8) is 0 Å². The third kappa shape index (κ3) is 2.40. The van der Waals surface area contributed by atoms with Crippen molar-refractivity contribution in [2.45, 2.75) is 13.0 Å². The molecule has 1 aromatic rings. The lowest BCUT2D eigenvalue weighted by molar-refractivity contribution is 0.0600. The van der Waals surface area contributed by atoms with Crippen molar-refractivity contribution in [1.29, 1.82) is 5.26 Å². The molecule has 0 bridgehead atoms. The number of benzene rings is 1. The van der Waals surface area contributed by atoms with E-state index in [9.17, 15) is 9.90 Å². The fraction of sp³-hybridized carbons (Fsp3) is 0.273. The first kappa shape index (κ1) is 12.7. The van der Waals surface area contributed by atoms with E-state index in [1.807, 2.05) is 6.07 Å². The highest BCUT2D eigenvalue weighted by Gasteiger charge is 2.16. The van der Waals surface area contributed by atoms with Crippen LogP contribution < -0.4 is 0 Å². The van der Waals surface area contributed by atoms with Crippen LogP contribution in [0.3, 0.4) is 0 Å². The molecule has 84 valence electrons. The summed E-state index contributed by atoms with van der Waals surface area (Å²) in [6, 6.07) is 4.86. The largest absolute Gasteiger partial charge is 0.465 e. The summed E-state index contributed by atoms with van der Waals surface area (Å²) in [6.45, 7) is 1.55. The summed E-state index contributed by atoms with van der Waals surface area (Å²) in [5, 5.41) is 18.4. The number of nitriles is 1. The summed E-state index contributed by atoms with van der Waals surface area (Å²) in [6.07, 6.45) is -0.782. The predicted octanol–water partition coefficient (Wildman–Crippen LogP) is 2.16. The highest BCUT2D eigenvalue weighted by molar-refractivity contribution is 9.10. The lowest BCUT2D eigenvalue weighted by atomic mass is 10.0. The number of esters is 1. The molecule has 0 spiro atoms. The fourth-order valence-electron chi connectivity index (χ4n) is 1.37. The second-order valence-electron chi connectivity index (χ2n) is 3.20. The van der Waals surface area contributed by atoms with Gasteiger partial charge >= 0.3 is 5.97 Å². The Morgan fingerprint density at radius 3 is 2.69 bits per heavy atom. The number of aliphatic hydroxyl groups is 1. The number of rotatable bonds is 2. The summed E-state index contributed by atoms with van der Waals surface area (Å²) in [5.74, 6) is -0.519. The van der Waals surface area contributed by atoms with Gasteiger partial charge in [0.2, 0.25) is 0 Å². The van der Waals surface area contributed by atoms with E-state index in [2.05, 4.69) is 20.7 Å². The van der Waals surface area contributed by atoms with Gasteiger partial charge in [-0.05, 0) is 19.1 Å². The van der Waals surface area contributed by atoms with Crippen LogP contribution in [-0.2, 0) is 4.74 Å². The number of carbonyl (C=O) groups is 1. The van der Waals surface area contributed by atoms with E-state index in [-0.39, 0.29) is 11.1 Å². The van der Waals surface area contributed by atoms with Gasteiger partial charge in [0.05, 0.1) is 30.4 Å². The van der Waals surface area contributed by atoms with Crippen LogP contribution in [0.15, 0.2) is 16.6 Å². The third-order valence-electron chi connectivity index (χ3n) is 2.09. The minimum atomic E-state index is -0.782. The van der Waals surface area contributed by atoms with Crippen LogP contribution in [-0.4, -0.2) is 18.2 Å². The lowest BCUT2D eigenvalue weighted by Gasteiger charge is -2.11. The first-order chi connectivity index (χ1) is 7.51. The first-order valence-electron chi connectivity index (χ1n) is 4.51. The standard InChI is InChI=1S/C11H10BrNO3/c1-6(14)10-8(5-13)3-7(4-9(10)12)11(15)16-2/h3-4,6,14H,1-2H3. The minimum absolute atomic E-state index is 0.254. The zero-order valence-electron chi connectivity index (χ0n) is 8.82. The Morgan fingerprint density at radius 1 is 1.62 bits per heavy atom.